The van der Waals surface area contributed by atoms with Crippen molar-refractivity contribution in [3.8, 4) is 0 Å². The van der Waals surface area contributed by atoms with Crippen LogP contribution in [-0.2, 0) is 29.0 Å². The fourth-order valence-corrected chi connectivity index (χ4v) is 3.71. The second-order valence-corrected chi connectivity index (χ2v) is 7.10. The van der Waals surface area contributed by atoms with Gasteiger partial charge in [0.05, 0.1) is 6.42 Å². The topological polar surface area (TPSA) is 94.2 Å². The summed E-state index contributed by atoms with van der Waals surface area (Å²) in [7, 11) is 0. The molecule has 1 unspecified atom stereocenters. The van der Waals surface area contributed by atoms with Gasteiger partial charge in [-0.05, 0) is 37.8 Å². The van der Waals surface area contributed by atoms with Crippen LogP contribution in [0.2, 0.25) is 0 Å². The van der Waals surface area contributed by atoms with Crippen LogP contribution in [0, 0.1) is 6.92 Å². The molecule has 27 heavy (non-hydrogen) atoms. The van der Waals surface area contributed by atoms with Crippen molar-refractivity contribution in [3.05, 3.63) is 58.4 Å². The first-order valence-corrected chi connectivity index (χ1v) is 9.25. The number of nitrogens with zero attached hydrogens (tertiary/aromatic N) is 1. The summed E-state index contributed by atoms with van der Waals surface area (Å²) < 4.78 is 2.15. The third-order valence-electron chi connectivity index (χ3n) is 5.18. The molecule has 1 heterocycles. The predicted molar refractivity (Wildman–Crippen MR) is 102 cm³/mol. The van der Waals surface area contributed by atoms with E-state index in [2.05, 4.69) is 22.0 Å². The summed E-state index contributed by atoms with van der Waals surface area (Å²) in [4.78, 5) is 36.2. The number of benzene rings is 1. The van der Waals surface area contributed by atoms with E-state index in [0.717, 1.165) is 35.4 Å². The highest BCUT2D eigenvalue weighted by atomic mass is 16.2. The Morgan fingerprint density at radius 1 is 1.22 bits per heavy atom. The Kier molecular flexibility index (Phi) is 5.44. The molecule has 6 heteroatoms. The summed E-state index contributed by atoms with van der Waals surface area (Å²) in [5.41, 5.74) is 9.77. The molecule has 1 aliphatic carbocycles. The number of ketones is 1. The number of fused-ring (bicyclic) bond motifs is 1. The number of hydrogen-bond acceptors (Lipinski definition) is 3. The Bertz CT molecular complexity index is 884. The maximum atomic E-state index is 12.6. The number of nitrogens with one attached hydrogen (secondary N) is 1. The molecule has 2 aromatic rings. The number of nitrogens with two attached hydrogens (primary N) is 1. The molecular weight excluding hydrogens is 342 g/mol. The zero-order valence-electron chi connectivity index (χ0n) is 15.7. The summed E-state index contributed by atoms with van der Waals surface area (Å²) in [5, 5.41) is 2.60. The second kappa shape index (κ2) is 7.78. The average molecular weight is 367 g/mol. The molecule has 3 rings (SSSR count). The first-order chi connectivity index (χ1) is 12.9. The Hall–Kier alpha value is -2.89. The minimum atomic E-state index is -0.740. The first kappa shape index (κ1) is 18.9. The molecule has 142 valence electrons. The van der Waals surface area contributed by atoms with Crippen molar-refractivity contribution in [1.29, 1.82) is 0 Å². The van der Waals surface area contributed by atoms with Crippen molar-refractivity contribution in [2.24, 2.45) is 5.73 Å². The summed E-state index contributed by atoms with van der Waals surface area (Å²) >= 11 is 0. The summed E-state index contributed by atoms with van der Waals surface area (Å²) in [6.45, 7) is 4.17. The molecular formula is C21H25N3O3. The molecule has 0 aliphatic heterocycles. The minimum Gasteiger partial charge on any atom is -0.368 e. The quantitative estimate of drug-likeness (QED) is 0.816. The van der Waals surface area contributed by atoms with Crippen LogP contribution >= 0.6 is 0 Å². The highest BCUT2D eigenvalue weighted by Crippen LogP contribution is 2.31. The van der Waals surface area contributed by atoms with Crippen LogP contribution in [0.15, 0.2) is 30.3 Å². The van der Waals surface area contributed by atoms with Gasteiger partial charge in [-0.3, -0.25) is 14.4 Å². The van der Waals surface area contributed by atoms with E-state index in [0.29, 0.717) is 18.5 Å². The number of rotatable bonds is 6. The number of hydrogen-bond donors (Lipinski definition) is 2. The lowest BCUT2D eigenvalue weighted by molar-refractivity contribution is -0.126. The van der Waals surface area contributed by atoms with E-state index in [4.69, 9.17) is 5.73 Å². The van der Waals surface area contributed by atoms with Gasteiger partial charge >= 0.3 is 0 Å². The number of carbonyl (C=O) groups is 3. The van der Waals surface area contributed by atoms with Gasteiger partial charge in [0, 0.05) is 29.9 Å². The van der Waals surface area contributed by atoms with Crippen molar-refractivity contribution in [1.82, 2.24) is 9.88 Å². The lowest BCUT2D eigenvalue weighted by Crippen LogP contribution is -2.42. The van der Waals surface area contributed by atoms with Gasteiger partial charge in [0.2, 0.25) is 11.8 Å². The van der Waals surface area contributed by atoms with Crippen molar-refractivity contribution in [2.45, 2.75) is 52.1 Å². The predicted octanol–water partition coefficient (Wildman–Crippen LogP) is 1.90. The molecule has 1 aromatic carbocycles. The molecule has 3 N–H and O–H groups in total. The molecule has 1 atom stereocenters. The lowest BCUT2D eigenvalue weighted by atomic mass is 9.92. The molecule has 0 saturated heterocycles. The summed E-state index contributed by atoms with van der Waals surface area (Å²) in [5.74, 6) is -0.792. The minimum absolute atomic E-state index is 0.0688. The van der Waals surface area contributed by atoms with Gasteiger partial charge in [-0.15, -0.1) is 0 Å². The van der Waals surface area contributed by atoms with Crippen molar-refractivity contribution in [2.75, 3.05) is 0 Å². The average Bonchev–Trinajstić information content (AvgIpc) is 2.89. The molecule has 0 spiro atoms. The lowest BCUT2D eigenvalue weighted by Gasteiger charge is -2.16. The largest absolute Gasteiger partial charge is 0.368 e. The zero-order chi connectivity index (χ0) is 19.6. The number of aromatic nitrogens is 1. The molecule has 0 saturated carbocycles. The standard InChI is InChI=1S/C21H25N3O3/c1-13(21(22)27)23-19(26)11-16-14(2)24(12-15-7-4-3-5-8-15)17-9-6-10-18(25)20(16)17/h3-5,7-8,13H,6,9-12H2,1-2H3,(H2,22,27)(H,23,26). The van der Waals surface area contributed by atoms with Gasteiger partial charge < -0.3 is 15.6 Å². The zero-order valence-corrected chi connectivity index (χ0v) is 15.7. The first-order valence-electron chi connectivity index (χ1n) is 9.25. The number of primary amides is 1. The van der Waals surface area contributed by atoms with Gasteiger partial charge in [-0.2, -0.15) is 0 Å². The van der Waals surface area contributed by atoms with Gasteiger partial charge in [0.25, 0.3) is 0 Å². The number of amides is 2. The molecule has 2 amide bonds. The van der Waals surface area contributed by atoms with Gasteiger partial charge in [0.15, 0.2) is 5.78 Å². The monoisotopic (exact) mass is 367 g/mol. The Balaban J connectivity index is 1.95. The normalized spacial score (nSPS) is 14.5. The second-order valence-electron chi connectivity index (χ2n) is 7.10. The molecule has 0 radical (unpaired) electrons. The van der Waals surface area contributed by atoms with Crippen LogP contribution in [0.4, 0.5) is 0 Å². The van der Waals surface area contributed by atoms with E-state index in [1.807, 2.05) is 25.1 Å². The van der Waals surface area contributed by atoms with Crippen LogP contribution in [-0.4, -0.2) is 28.2 Å². The SMILES string of the molecule is Cc1c(CC(=O)NC(C)C(N)=O)c2c(n1Cc1ccccc1)CCCC2=O. The van der Waals surface area contributed by atoms with E-state index in [1.165, 1.54) is 0 Å². The fraction of sp³-hybridized carbons (Fsp3) is 0.381. The Morgan fingerprint density at radius 2 is 1.93 bits per heavy atom. The number of carbonyl (C=O) groups excluding carboxylic acids is 3. The summed E-state index contributed by atoms with van der Waals surface area (Å²) in [6.07, 6.45) is 2.23. The fourth-order valence-electron chi connectivity index (χ4n) is 3.71. The van der Waals surface area contributed by atoms with Gasteiger partial charge in [-0.1, -0.05) is 30.3 Å². The van der Waals surface area contributed by atoms with Crippen LogP contribution in [0.5, 0.6) is 0 Å². The van der Waals surface area contributed by atoms with Crippen molar-refractivity contribution in [3.63, 3.8) is 0 Å². The smallest absolute Gasteiger partial charge is 0.239 e. The van der Waals surface area contributed by atoms with E-state index < -0.39 is 11.9 Å². The van der Waals surface area contributed by atoms with Crippen LogP contribution in [0.25, 0.3) is 0 Å². The molecule has 0 bridgehead atoms. The van der Waals surface area contributed by atoms with Crippen molar-refractivity contribution < 1.29 is 14.4 Å². The molecule has 1 aliphatic rings. The van der Waals surface area contributed by atoms with Crippen LogP contribution < -0.4 is 11.1 Å². The number of Topliss-reactive ketones (excluding diaryl/α,β-unsaturated/α-hetero) is 1. The third kappa shape index (κ3) is 3.94. The molecule has 1 aromatic heterocycles. The molecule has 6 nitrogen and oxygen atoms in total. The van der Waals surface area contributed by atoms with E-state index in [-0.39, 0.29) is 18.1 Å². The molecule has 0 fully saturated rings. The highest BCUT2D eigenvalue weighted by Gasteiger charge is 2.29. The highest BCUT2D eigenvalue weighted by molar-refractivity contribution is 6.01. The van der Waals surface area contributed by atoms with Crippen LogP contribution in [0.1, 0.15) is 52.6 Å². The van der Waals surface area contributed by atoms with Crippen molar-refractivity contribution >= 4 is 17.6 Å². The van der Waals surface area contributed by atoms with Gasteiger partial charge in [-0.25, -0.2) is 0 Å². The third-order valence-corrected chi connectivity index (χ3v) is 5.18. The maximum Gasteiger partial charge on any atom is 0.239 e. The van der Waals surface area contributed by atoms with Gasteiger partial charge in [0.1, 0.15) is 6.04 Å². The Labute approximate surface area is 158 Å². The van der Waals surface area contributed by atoms with Crippen LogP contribution in [0.3, 0.4) is 0 Å². The van der Waals surface area contributed by atoms with E-state index >= 15 is 0 Å². The van der Waals surface area contributed by atoms with E-state index in [9.17, 15) is 14.4 Å². The Morgan fingerprint density at radius 3 is 2.59 bits per heavy atom. The maximum absolute atomic E-state index is 12.6. The summed E-state index contributed by atoms with van der Waals surface area (Å²) in [6, 6.07) is 9.32. The van der Waals surface area contributed by atoms with E-state index in [1.54, 1.807) is 6.92 Å².